The fraction of sp³-hybridized carbons (Fsp3) is 0.105. The predicted molar refractivity (Wildman–Crippen MR) is 116 cm³/mol. The Morgan fingerprint density at radius 1 is 1.13 bits per heavy atom. The van der Waals surface area contributed by atoms with Crippen molar-refractivity contribution in [2.45, 2.75) is 0 Å². The lowest BCUT2D eigenvalue weighted by molar-refractivity contribution is -0.384. The first kappa shape index (κ1) is 21.3. The summed E-state index contributed by atoms with van der Waals surface area (Å²) in [5.74, 6) is 0.818. The number of nitro groups is 1. The van der Waals surface area contributed by atoms with E-state index in [2.05, 4.69) is 15.5 Å². The van der Waals surface area contributed by atoms with E-state index in [1.165, 1.54) is 25.5 Å². The van der Waals surface area contributed by atoms with Crippen molar-refractivity contribution in [1.29, 1.82) is 0 Å². The summed E-state index contributed by atoms with van der Waals surface area (Å²) in [4.78, 5) is 23.0. The quantitative estimate of drug-likeness (QED) is 0.312. The second-order valence-electron chi connectivity index (χ2n) is 5.80. The maximum Gasteiger partial charge on any atom is 0.288 e. The lowest BCUT2D eigenvalue weighted by Crippen LogP contribution is -2.19. The van der Waals surface area contributed by atoms with E-state index in [0.29, 0.717) is 22.0 Å². The number of carbonyl (C=O) groups excluding carboxylic acids is 1. The standard InChI is InChI=1S/C19H15ClN4O5S/c1-28-15-6-4-11(8-16(15)29-2)9-17-18(25)22-19(30-17)23-21-10-12-3-5-13(20)14(7-12)24(26)27/h3-10H,1-2H3,(H,22,23,25)/b17-9+,21-10+. The first-order chi connectivity index (χ1) is 14.4. The highest BCUT2D eigenvalue weighted by Crippen LogP contribution is 2.31. The van der Waals surface area contributed by atoms with E-state index >= 15 is 0 Å². The van der Waals surface area contributed by atoms with Crippen LogP contribution in [0, 0.1) is 10.1 Å². The maximum absolute atomic E-state index is 12.2. The zero-order valence-electron chi connectivity index (χ0n) is 15.8. The number of nitro benzene ring substituents is 1. The monoisotopic (exact) mass is 446 g/mol. The van der Waals surface area contributed by atoms with Gasteiger partial charge in [-0.05, 0) is 41.6 Å². The molecule has 1 N–H and O–H groups in total. The molecule has 0 radical (unpaired) electrons. The van der Waals surface area contributed by atoms with Crippen molar-refractivity contribution in [3.8, 4) is 11.5 Å². The Morgan fingerprint density at radius 3 is 2.57 bits per heavy atom. The summed E-state index contributed by atoms with van der Waals surface area (Å²) in [7, 11) is 3.08. The summed E-state index contributed by atoms with van der Waals surface area (Å²) >= 11 is 6.90. The molecule has 154 valence electrons. The van der Waals surface area contributed by atoms with Gasteiger partial charge in [0.05, 0.1) is 30.3 Å². The van der Waals surface area contributed by atoms with Gasteiger partial charge in [-0.15, -0.1) is 5.10 Å². The average molecular weight is 447 g/mol. The number of benzene rings is 2. The third-order valence-corrected chi connectivity index (χ3v) is 5.10. The third kappa shape index (κ3) is 4.97. The summed E-state index contributed by atoms with van der Waals surface area (Å²) in [6.45, 7) is 0. The maximum atomic E-state index is 12.2. The number of rotatable bonds is 6. The molecule has 0 saturated carbocycles. The SMILES string of the molecule is COc1ccc(/C=C2/S/C(=N/N=C/c3ccc(Cl)c([N+](=O)[O-])c3)NC2=O)cc1OC. The van der Waals surface area contributed by atoms with Crippen LogP contribution in [0.4, 0.5) is 5.69 Å². The van der Waals surface area contributed by atoms with Crippen molar-refractivity contribution < 1.29 is 19.2 Å². The van der Waals surface area contributed by atoms with Crippen LogP contribution < -0.4 is 14.8 Å². The van der Waals surface area contributed by atoms with E-state index in [4.69, 9.17) is 21.1 Å². The first-order valence-corrected chi connectivity index (χ1v) is 9.58. The van der Waals surface area contributed by atoms with Crippen LogP contribution in [0.25, 0.3) is 6.08 Å². The number of hydrogen-bond donors (Lipinski definition) is 1. The summed E-state index contributed by atoms with van der Waals surface area (Å²) < 4.78 is 10.5. The zero-order chi connectivity index (χ0) is 21.7. The van der Waals surface area contributed by atoms with Gasteiger partial charge in [-0.1, -0.05) is 23.7 Å². The number of carbonyl (C=O) groups is 1. The molecule has 2 aromatic carbocycles. The zero-order valence-corrected chi connectivity index (χ0v) is 17.4. The van der Waals surface area contributed by atoms with Crippen LogP contribution in [-0.4, -0.2) is 36.4 Å². The molecule has 0 spiro atoms. The molecule has 1 fully saturated rings. The number of hydrogen-bond acceptors (Lipinski definition) is 8. The van der Waals surface area contributed by atoms with Crippen LogP contribution in [0.3, 0.4) is 0 Å². The van der Waals surface area contributed by atoms with Crippen LogP contribution in [-0.2, 0) is 4.79 Å². The van der Waals surface area contributed by atoms with E-state index in [1.807, 2.05) is 0 Å². The molecule has 1 amide bonds. The van der Waals surface area contributed by atoms with Crippen LogP contribution in [0.15, 0.2) is 51.5 Å². The Bertz CT molecular complexity index is 1100. The van der Waals surface area contributed by atoms with Crippen molar-refractivity contribution in [2.75, 3.05) is 14.2 Å². The van der Waals surface area contributed by atoms with Gasteiger partial charge in [0, 0.05) is 11.6 Å². The topological polar surface area (TPSA) is 115 Å². The minimum absolute atomic E-state index is 0.0343. The number of methoxy groups -OCH3 is 2. The van der Waals surface area contributed by atoms with Crippen LogP contribution in [0.1, 0.15) is 11.1 Å². The molecule has 0 bridgehead atoms. The van der Waals surface area contributed by atoms with Gasteiger partial charge < -0.3 is 9.47 Å². The van der Waals surface area contributed by atoms with Crippen LogP contribution >= 0.6 is 23.4 Å². The minimum Gasteiger partial charge on any atom is -0.493 e. The van der Waals surface area contributed by atoms with Crippen molar-refractivity contribution in [3.63, 3.8) is 0 Å². The normalized spacial score (nSPS) is 16.3. The Labute approximate surface area is 180 Å². The highest BCUT2D eigenvalue weighted by atomic mass is 35.5. The molecule has 2 aromatic rings. The molecule has 11 heteroatoms. The van der Waals surface area contributed by atoms with Gasteiger partial charge in [0.1, 0.15) is 5.02 Å². The third-order valence-electron chi connectivity index (χ3n) is 3.88. The van der Waals surface area contributed by atoms with Crippen molar-refractivity contribution >= 4 is 52.4 Å². The predicted octanol–water partition coefficient (Wildman–Crippen LogP) is 3.86. The molecule has 0 aromatic heterocycles. The highest BCUT2D eigenvalue weighted by Gasteiger charge is 2.24. The molecule has 1 aliphatic rings. The van der Waals surface area contributed by atoms with Crippen LogP contribution in [0.2, 0.25) is 5.02 Å². The molecule has 1 aliphatic heterocycles. The lowest BCUT2D eigenvalue weighted by Gasteiger charge is -2.07. The van der Waals surface area contributed by atoms with Crippen molar-refractivity contribution in [2.24, 2.45) is 10.2 Å². The Balaban J connectivity index is 1.75. The highest BCUT2D eigenvalue weighted by molar-refractivity contribution is 8.18. The first-order valence-electron chi connectivity index (χ1n) is 8.39. The van der Waals surface area contributed by atoms with E-state index in [0.717, 1.165) is 17.3 Å². The summed E-state index contributed by atoms with van der Waals surface area (Å²) in [6.07, 6.45) is 3.02. The van der Waals surface area contributed by atoms with Gasteiger partial charge in [0.25, 0.3) is 11.6 Å². The molecule has 30 heavy (non-hydrogen) atoms. The van der Waals surface area contributed by atoms with Crippen LogP contribution in [0.5, 0.6) is 11.5 Å². The molecule has 0 unspecified atom stereocenters. The smallest absolute Gasteiger partial charge is 0.288 e. The van der Waals surface area contributed by atoms with Crippen molar-refractivity contribution in [1.82, 2.24) is 5.32 Å². The number of nitrogens with one attached hydrogen (secondary N) is 1. The second-order valence-corrected chi connectivity index (χ2v) is 7.23. The van der Waals surface area contributed by atoms with Gasteiger partial charge in [0.15, 0.2) is 16.7 Å². The van der Waals surface area contributed by atoms with E-state index in [-0.39, 0.29) is 21.8 Å². The fourth-order valence-electron chi connectivity index (χ4n) is 2.47. The van der Waals surface area contributed by atoms with Crippen molar-refractivity contribution in [3.05, 3.63) is 67.6 Å². The van der Waals surface area contributed by atoms with E-state index < -0.39 is 4.92 Å². The largest absolute Gasteiger partial charge is 0.493 e. The van der Waals surface area contributed by atoms with Gasteiger partial charge in [0.2, 0.25) is 0 Å². The van der Waals surface area contributed by atoms with Gasteiger partial charge in [-0.3, -0.25) is 20.2 Å². The number of nitrogens with zero attached hydrogens (tertiary/aromatic N) is 3. The summed E-state index contributed by atoms with van der Waals surface area (Å²) in [6, 6.07) is 9.55. The van der Waals surface area contributed by atoms with Gasteiger partial charge >= 0.3 is 0 Å². The Morgan fingerprint density at radius 2 is 1.87 bits per heavy atom. The minimum atomic E-state index is -0.580. The summed E-state index contributed by atoms with van der Waals surface area (Å²) in [5, 5.41) is 21.7. The Hall–Kier alpha value is -3.37. The molecule has 9 nitrogen and oxygen atoms in total. The lowest BCUT2D eigenvalue weighted by atomic mass is 10.2. The summed E-state index contributed by atoms with van der Waals surface area (Å²) in [5.41, 5.74) is 0.978. The number of amides is 1. The second kappa shape index (κ2) is 9.42. The average Bonchev–Trinajstić information content (AvgIpc) is 3.07. The molecule has 0 aliphatic carbocycles. The number of ether oxygens (including phenoxy) is 2. The van der Waals surface area contributed by atoms with Gasteiger partial charge in [-0.25, -0.2) is 0 Å². The number of amidine groups is 1. The molecule has 3 rings (SSSR count). The van der Waals surface area contributed by atoms with E-state index in [1.54, 1.807) is 37.5 Å². The molecule has 0 atom stereocenters. The fourth-order valence-corrected chi connectivity index (χ4v) is 3.43. The van der Waals surface area contributed by atoms with Gasteiger partial charge in [-0.2, -0.15) is 5.10 Å². The molecule has 1 heterocycles. The Kier molecular flexibility index (Phi) is 6.70. The number of halogens is 1. The molecular formula is C19H15ClN4O5S. The van der Waals surface area contributed by atoms with E-state index in [9.17, 15) is 14.9 Å². The molecular weight excluding hydrogens is 432 g/mol. The number of thioether (sulfide) groups is 1. The molecule has 1 saturated heterocycles.